The van der Waals surface area contributed by atoms with E-state index in [2.05, 4.69) is 5.10 Å². The largest absolute Gasteiger partial charge is 0.272 e. The molecule has 1 fully saturated rings. The van der Waals surface area contributed by atoms with Crippen molar-refractivity contribution < 1.29 is 14.0 Å². The van der Waals surface area contributed by atoms with E-state index in [0.717, 1.165) is 23.4 Å². The van der Waals surface area contributed by atoms with Gasteiger partial charge >= 0.3 is 0 Å². The fraction of sp³-hybridized carbons (Fsp3) is 0.400. The number of hydrogen-bond acceptors (Lipinski definition) is 3. The number of amides is 2. The Bertz CT molecular complexity index is 590. The fourth-order valence-electron chi connectivity index (χ4n) is 2.36. The minimum Gasteiger partial charge on any atom is -0.272 e. The number of nitrogens with zero attached hydrogens (tertiary/aromatic N) is 2. The molecule has 0 unspecified atom stereocenters. The molecule has 0 saturated heterocycles. The average Bonchev–Trinajstić information content (AvgIpc) is 3.23. The van der Waals surface area contributed by atoms with Gasteiger partial charge in [0, 0.05) is 11.6 Å². The molecule has 5 heteroatoms. The molecule has 0 N–H and O–H groups in total. The first-order valence-corrected chi connectivity index (χ1v) is 6.73. The summed E-state index contributed by atoms with van der Waals surface area (Å²) in [7, 11) is 0. The number of carbonyl (C=O) groups is 2. The van der Waals surface area contributed by atoms with Gasteiger partial charge in [0.05, 0.1) is 5.92 Å². The Kier molecular flexibility index (Phi) is 3.12. The van der Waals surface area contributed by atoms with Gasteiger partial charge in [-0.3, -0.25) is 9.59 Å². The smallest absolute Gasteiger partial charge is 0.259 e. The molecule has 1 saturated carbocycles. The van der Waals surface area contributed by atoms with E-state index in [9.17, 15) is 14.0 Å². The van der Waals surface area contributed by atoms with Crippen LogP contribution in [0.4, 0.5) is 4.39 Å². The normalized spacial score (nSPS) is 22.1. The summed E-state index contributed by atoms with van der Waals surface area (Å²) in [4.78, 5) is 24.2. The summed E-state index contributed by atoms with van der Waals surface area (Å²) in [6, 6.07) is 6.05. The minimum atomic E-state index is -0.414. The quantitative estimate of drug-likeness (QED) is 0.793. The zero-order valence-electron chi connectivity index (χ0n) is 11.2. The molecule has 4 nitrogen and oxygen atoms in total. The van der Waals surface area contributed by atoms with Gasteiger partial charge in [0.2, 0.25) is 0 Å². The monoisotopic (exact) mass is 274 g/mol. The third-order valence-corrected chi connectivity index (χ3v) is 3.76. The first-order chi connectivity index (χ1) is 9.56. The molecule has 1 aliphatic heterocycles. The third kappa shape index (κ3) is 2.35. The third-order valence-electron chi connectivity index (χ3n) is 3.76. The lowest BCUT2D eigenvalue weighted by Gasteiger charge is -2.12. The molecular formula is C15H15FN2O2. The van der Waals surface area contributed by atoms with E-state index in [1.165, 1.54) is 12.1 Å². The van der Waals surface area contributed by atoms with E-state index in [0.29, 0.717) is 12.1 Å². The summed E-state index contributed by atoms with van der Waals surface area (Å²) < 4.78 is 12.9. The molecule has 104 valence electrons. The summed E-state index contributed by atoms with van der Waals surface area (Å²) in [5.74, 6) is -1.19. The van der Waals surface area contributed by atoms with Crippen molar-refractivity contribution in [3.63, 3.8) is 0 Å². The van der Waals surface area contributed by atoms with Gasteiger partial charge in [-0.15, -0.1) is 0 Å². The van der Waals surface area contributed by atoms with Crippen LogP contribution in [-0.2, 0) is 16.0 Å². The topological polar surface area (TPSA) is 49.7 Å². The highest BCUT2D eigenvalue weighted by Gasteiger charge is 2.42. The van der Waals surface area contributed by atoms with Crippen molar-refractivity contribution in [2.75, 3.05) is 0 Å². The van der Waals surface area contributed by atoms with Gasteiger partial charge in [0.1, 0.15) is 5.82 Å². The predicted octanol–water partition coefficient (Wildman–Crippen LogP) is 2.14. The zero-order valence-corrected chi connectivity index (χ0v) is 11.2. The summed E-state index contributed by atoms with van der Waals surface area (Å²) >= 11 is 0. The Hall–Kier alpha value is -2.04. The lowest BCUT2D eigenvalue weighted by atomic mass is 9.95. The van der Waals surface area contributed by atoms with Crippen molar-refractivity contribution in [1.82, 2.24) is 5.01 Å². The summed E-state index contributed by atoms with van der Waals surface area (Å²) in [5, 5.41) is 5.13. The second kappa shape index (κ2) is 4.81. The van der Waals surface area contributed by atoms with E-state index in [1.807, 2.05) is 0 Å². The van der Waals surface area contributed by atoms with Crippen LogP contribution in [-0.4, -0.2) is 22.5 Å². The molecule has 20 heavy (non-hydrogen) atoms. The number of halogens is 1. The molecule has 1 aliphatic carbocycles. The van der Waals surface area contributed by atoms with Crippen molar-refractivity contribution in [2.24, 2.45) is 16.9 Å². The Labute approximate surface area is 116 Å². The maximum atomic E-state index is 12.9. The van der Waals surface area contributed by atoms with Crippen LogP contribution in [0.1, 0.15) is 25.3 Å². The molecule has 1 heterocycles. The van der Waals surface area contributed by atoms with Crippen LogP contribution in [0.15, 0.2) is 29.4 Å². The number of benzene rings is 1. The summed E-state index contributed by atoms with van der Waals surface area (Å²) in [6.45, 7) is 1.76. The minimum absolute atomic E-state index is 0.0277. The Balaban J connectivity index is 1.74. The lowest BCUT2D eigenvalue weighted by molar-refractivity contribution is -0.145. The van der Waals surface area contributed by atoms with E-state index in [4.69, 9.17) is 0 Å². The standard InChI is InChI=1S/C15H15FN2O2/c1-9-13(8-10-2-6-12(16)7-3-10)15(20)18(17-9)14(19)11-4-5-11/h2-3,6-7,11,13H,4-5,8H2,1H3/t13-/m0/s1. The molecule has 2 amide bonds. The van der Waals surface area contributed by atoms with Crippen LogP contribution in [0, 0.1) is 17.7 Å². The van der Waals surface area contributed by atoms with Gasteiger partial charge in [-0.25, -0.2) is 4.39 Å². The maximum absolute atomic E-state index is 12.9. The molecule has 0 radical (unpaired) electrons. The fourth-order valence-corrected chi connectivity index (χ4v) is 2.36. The van der Waals surface area contributed by atoms with Crippen molar-refractivity contribution in [3.8, 4) is 0 Å². The highest BCUT2D eigenvalue weighted by molar-refractivity contribution is 6.13. The first kappa shape index (κ1) is 13.0. The second-order valence-corrected chi connectivity index (χ2v) is 5.39. The Morgan fingerprint density at radius 2 is 2.00 bits per heavy atom. The van der Waals surface area contributed by atoms with Crippen molar-refractivity contribution >= 4 is 17.5 Å². The van der Waals surface area contributed by atoms with Crippen molar-refractivity contribution in [2.45, 2.75) is 26.2 Å². The molecule has 0 bridgehead atoms. The molecule has 2 aliphatic rings. The van der Waals surface area contributed by atoms with Crippen LogP contribution in [0.5, 0.6) is 0 Å². The van der Waals surface area contributed by atoms with E-state index in [1.54, 1.807) is 19.1 Å². The predicted molar refractivity (Wildman–Crippen MR) is 71.3 cm³/mol. The molecule has 1 atom stereocenters. The molecule has 0 spiro atoms. The number of hydrogen-bond donors (Lipinski definition) is 0. The van der Waals surface area contributed by atoms with Crippen LogP contribution in [0.3, 0.4) is 0 Å². The zero-order chi connectivity index (χ0) is 14.3. The van der Waals surface area contributed by atoms with E-state index < -0.39 is 5.92 Å². The summed E-state index contributed by atoms with van der Waals surface area (Å²) in [6.07, 6.45) is 2.14. The van der Waals surface area contributed by atoms with Crippen molar-refractivity contribution in [3.05, 3.63) is 35.6 Å². The SMILES string of the molecule is CC1=NN(C(=O)C2CC2)C(=O)[C@H]1Cc1ccc(F)cc1. The maximum Gasteiger partial charge on any atom is 0.259 e. The highest BCUT2D eigenvalue weighted by Crippen LogP contribution is 2.33. The highest BCUT2D eigenvalue weighted by atomic mass is 19.1. The van der Waals surface area contributed by atoms with Gasteiger partial charge < -0.3 is 0 Å². The number of imide groups is 1. The molecule has 1 aromatic carbocycles. The molecule has 3 rings (SSSR count). The van der Waals surface area contributed by atoms with Gasteiger partial charge in [-0.1, -0.05) is 12.1 Å². The van der Waals surface area contributed by atoms with Gasteiger partial charge in [0.25, 0.3) is 11.8 Å². The van der Waals surface area contributed by atoms with Gasteiger partial charge in [-0.2, -0.15) is 10.1 Å². The van der Waals surface area contributed by atoms with Crippen LogP contribution in [0.2, 0.25) is 0 Å². The molecule has 1 aromatic rings. The van der Waals surface area contributed by atoms with Crippen LogP contribution in [0.25, 0.3) is 0 Å². The Morgan fingerprint density at radius 3 is 2.60 bits per heavy atom. The lowest BCUT2D eigenvalue weighted by Crippen LogP contribution is -2.34. The van der Waals surface area contributed by atoms with Gasteiger partial charge in [0.15, 0.2) is 0 Å². The molecule has 0 aromatic heterocycles. The van der Waals surface area contributed by atoms with Crippen molar-refractivity contribution in [1.29, 1.82) is 0 Å². The van der Waals surface area contributed by atoms with Crippen LogP contribution >= 0.6 is 0 Å². The second-order valence-electron chi connectivity index (χ2n) is 5.39. The molecular weight excluding hydrogens is 259 g/mol. The van der Waals surface area contributed by atoms with E-state index >= 15 is 0 Å². The average molecular weight is 274 g/mol. The van der Waals surface area contributed by atoms with Gasteiger partial charge in [-0.05, 0) is 43.9 Å². The number of hydrazone groups is 1. The first-order valence-electron chi connectivity index (χ1n) is 6.73. The Morgan fingerprint density at radius 1 is 1.35 bits per heavy atom. The van der Waals surface area contributed by atoms with Crippen LogP contribution < -0.4 is 0 Å². The van der Waals surface area contributed by atoms with E-state index in [-0.39, 0.29) is 23.5 Å². The number of rotatable bonds is 3. The number of carbonyl (C=O) groups excluding carboxylic acids is 2. The summed E-state index contributed by atoms with van der Waals surface area (Å²) in [5.41, 5.74) is 1.51.